The lowest BCUT2D eigenvalue weighted by molar-refractivity contribution is 0.0654. The summed E-state index contributed by atoms with van der Waals surface area (Å²) in [6.45, 7) is 7.21. The van der Waals surface area contributed by atoms with Crippen LogP contribution in [0.3, 0.4) is 0 Å². The highest BCUT2D eigenvalue weighted by Crippen LogP contribution is 2.20. The van der Waals surface area contributed by atoms with Crippen molar-refractivity contribution < 1.29 is 9.53 Å². The summed E-state index contributed by atoms with van der Waals surface area (Å²) in [6.07, 6.45) is 3.43. The Morgan fingerprint density at radius 1 is 1.44 bits per heavy atom. The van der Waals surface area contributed by atoms with Crippen molar-refractivity contribution >= 4 is 11.7 Å². The predicted molar refractivity (Wildman–Crippen MR) is 95.4 cm³/mol. The first-order valence-corrected chi connectivity index (χ1v) is 8.67. The molecule has 1 atom stereocenters. The Morgan fingerprint density at radius 3 is 3.08 bits per heavy atom. The minimum Gasteiger partial charge on any atom is -0.374 e. The summed E-state index contributed by atoms with van der Waals surface area (Å²) in [4.78, 5) is 16.6. The van der Waals surface area contributed by atoms with Crippen LogP contribution in [0.25, 0.3) is 0 Å². The number of hydrogen-bond donors (Lipinski definition) is 2. The van der Waals surface area contributed by atoms with Gasteiger partial charge in [-0.25, -0.2) is 14.5 Å². The van der Waals surface area contributed by atoms with Crippen molar-refractivity contribution in [2.24, 2.45) is 0 Å². The number of nitrogens with zero attached hydrogens (tertiary/aromatic N) is 3. The second-order valence-electron chi connectivity index (χ2n) is 6.64. The quantitative estimate of drug-likeness (QED) is 0.874. The molecule has 2 aromatic rings. The van der Waals surface area contributed by atoms with E-state index in [1.807, 2.05) is 43.7 Å². The maximum atomic E-state index is 12.4. The third-order valence-electron chi connectivity index (χ3n) is 4.41. The topological polar surface area (TPSA) is 81.1 Å². The van der Waals surface area contributed by atoms with Gasteiger partial charge in [0.25, 0.3) is 0 Å². The SMILES string of the molecule is Cc1c(COC(C)C)cccc1NC(=O)N[C@@H]1CCc2ncnn2C1. The molecule has 2 N–H and O–H groups in total. The summed E-state index contributed by atoms with van der Waals surface area (Å²) in [6, 6.07) is 5.73. The number of benzene rings is 1. The number of hydrogen-bond acceptors (Lipinski definition) is 4. The minimum absolute atomic E-state index is 0.0574. The lowest BCUT2D eigenvalue weighted by atomic mass is 10.1. The maximum Gasteiger partial charge on any atom is 0.319 e. The average Bonchev–Trinajstić information content (AvgIpc) is 3.03. The van der Waals surface area contributed by atoms with E-state index in [1.54, 1.807) is 6.33 Å². The molecule has 1 aromatic heterocycles. The second-order valence-corrected chi connectivity index (χ2v) is 6.64. The Morgan fingerprint density at radius 2 is 2.28 bits per heavy atom. The Hall–Kier alpha value is -2.41. The van der Waals surface area contributed by atoms with E-state index >= 15 is 0 Å². The first-order valence-electron chi connectivity index (χ1n) is 8.67. The fourth-order valence-electron chi connectivity index (χ4n) is 2.93. The molecule has 25 heavy (non-hydrogen) atoms. The van der Waals surface area contributed by atoms with Crippen LogP contribution in [0.1, 0.15) is 37.2 Å². The molecule has 3 rings (SSSR count). The summed E-state index contributed by atoms with van der Waals surface area (Å²) in [7, 11) is 0. The van der Waals surface area contributed by atoms with E-state index < -0.39 is 0 Å². The number of aromatic nitrogens is 3. The van der Waals surface area contributed by atoms with E-state index in [0.717, 1.165) is 35.5 Å². The van der Waals surface area contributed by atoms with Gasteiger partial charge in [-0.15, -0.1) is 0 Å². The molecule has 2 heterocycles. The van der Waals surface area contributed by atoms with Gasteiger partial charge in [0.1, 0.15) is 12.2 Å². The zero-order valence-electron chi connectivity index (χ0n) is 15.0. The molecule has 1 aliphatic heterocycles. The highest BCUT2D eigenvalue weighted by Gasteiger charge is 2.21. The number of urea groups is 1. The van der Waals surface area contributed by atoms with Gasteiger partial charge in [0.2, 0.25) is 0 Å². The maximum absolute atomic E-state index is 12.4. The molecule has 0 radical (unpaired) electrons. The van der Waals surface area contributed by atoms with E-state index in [0.29, 0.717) is 13.2 Å². The van der Waals surface area contributed by atoms with Crippen LogP contribution in [0.2, 0.25) is 0 Å². The molecule has 134 valence electrons. The Kier molecular flexibility index (Phi) is 5.33. The van der Waals surface area contributed by atoms with E-state index in [1.165, 1.54) is 0 Å². The minimum atomic E-state index is -0.196. The zero-order valence-corrected chi connectivity index (χ0v) is 15.0. The monoisotopic (exact) mass is 343 g/mol. The van der Waals surface area contributed by atoms with Crippen molar-refractivity contribution in [3.63, 3.8) is 0 Å². The van der Waals surface area contributed by atoms with Crippen LogP contribution in [0, 0.1) is 6.92 Å². The molecule has 0 saturated heterocycles. The van der Waals surface area contributed by atoms with Gasteiger partial charge in [-0.2, -0.15) is 5.10 Å². The molecule has 7 nitrogen and oxygen atoms in total. The first-order chi connectivity index (χ1) is 12.0. The standard InChI is InChI=1S/C18H25N5O2/c1-12(2)25-10-14-5-4-6-16(13(14)3)22-18(24)21-15-7-8-17-19-11-20-23(17)9-15/h4-6,11-12,15H,7-10H2,1-3H3,(H2,21,22,24)/t15-/m1/s1. The van der Waals surface area contributed by atoms with Crippen molar-refractivity contribution in [1.29, 1.82) is 0 Å². The number of ether oxygens (including phenoxy) is 1. The van der Waals surface area contributed by atoms with E-state index in [4.69, 9.17) is 4.74 Å². The van der Waals surface area contributed by atoms with Gasteiger partial charge in [0, 0.05) is 12.1 Å². The Balaban J connectivity index is 1.59. The van der Waals surface area contributed by atoms with E-state index in [9.17, 15) is 4.79 Å². The van der Waals surface area contributed by atoms with Gasteiger partial charge in [0.05, 0.1) is 25.3 Å². The largest absolute Gasteiger partial charge is 0.374 e. The number of fused-ring (bicyclic) bond motifs is 1. The van der Waals surface area contributed by atoms with Gasteiger partial charge < -0.3 is 15.4 Å². The van der Waals surface area contributed by atoms with Gasteiger partial charge >= 0.3 is 6.03 Å². The first kappa shape index (κ1) is 17.4. The lowest BCUT2D eigenvalue weighted by Gasteiger charge is -2.24. The molecule has 0 saturated carbocycles. The van der Waals surface area contributed by atoms with Crippen LogP contribution in [0.15, 0.2) is 24.5 Å². The molecule has 0 unspecified atom stereocenters. The van der Waals surface area contributed by atoms with Crippen LogP contribution < -0.4 is 10.6 Å². The molecule has 0 aliphatic carbocycles. The summed E-state index contributed by atoms with van der Waals surface area (Å²) < 4.78 is 7.52. The van der Waals surface area contributed by atoms with Crippen LogP contribution >= 0.6 is 0 Å². The van der Waals surface area contributed by atoms with Gasteiger partial charge in [-0.1, -0.05) is 12.1 Å². The van der Waals surface area contributed by atoms with Crippen LogP contribution in [0.4, 0.5) is 10.5 Å². The fraction of sp³-hybridized carbons (Fsp3) is 0.500. The Labute approximate surface area is 147 Å². The van der Waals surface area contributed by atoms with Crippen LogP contribution in [0.5, 0.6) is 0 Å². The number of anilines is 1. The highest BCUT2D eigenvalue weighted by atomic mass is 16.5. The van der Waals surface area contributed by atoms with Crippen molar-refractivity contribution in [3.8, 4) is 0 Å². The van der Waals surface area contributed by atoms with Crippen LogP contribution in [-0.4, -0.2) is 32.9 Å². The summed E-state index contributed by atoms with van der Waals surface area (Å²) >= 11 is 0. The predicted octanol–water partition coefficient (Wildman–Crippen LogP) is 2.65. The third-order valence-corrected chi connectivity index (χ3v) is 4.41. The molecule has 1 aromatic carbocycles. The zero-order chi connectivity index (χ0) is 17.8. The number of nitrogens with one attached hydrogen (secondary N) is 2. The van der Waals surface area contributed by atoms with E-state index in [2.05, 4.69) is 20.7 Å². The number of carbonyl (C=O) groups excluding carboxylic acids is 1. The van der Waals surface area contributed by atoms with Crippen molar-refractivity contribution in [3.05, 3.63) is 41.5 Å². The number of carbonyl (C=O) groups is 1. The third kappa shape index (κ3) is 4.36. The number of aryl methyl sites for hydroxylation is 1. The lowest BCUT2D eigenvalue weighted by Crippen LogP contribution is -2.43. The highest BCUT2D eigenvalue weighted by molar-refractivity contribution is 5.90. The van der Waals surface area contributed by atoms with Crippen molar-refractivity contribution in [1.82, 2.24) is 20.1 Å². The molecular formula is C18H25N5O2. The van der Waals surface area contributed by atoms with Crippen molar-refractivity contribution in [2.75, 3.05) is 5.32 Å². The normalized spacial score (nSPS) is 16.6. The molecule has 1 aliphatic rings. The second kappa shape index (κ2) is 7.65. The number of amides is 2. The molecule has 0 fully saturated rings. The molecule has 7 heteroatoms. The van der Waals surface area contributed by atoms with Gasteiger partial charge in [-0.3, -0.25) is 0 Å². The molecule has 0 bridgehead atoms. The van der Waals surface area contributed by atoms with Gasteiger partial charge in [-0.05, 0) is 44.4 Å². The van der Waals surface area contributed by atoms with Gasteiger partial charge in [0.15, 0.2) is 0 Å². The molecule has 0 spiro atoms. The smallest absolute Gasteiger partial charge is 0.319 e. The molecular weight excluding hydrogens is 318 g/mol. The summed E-state index contributed by atoms with van der Waals surface area (Å²) in [5.41, 5.74) is 2.91. The summed E-state index contributed by atoms with van der Waals surface area (Å²) in [5, 5.41) is 10.2. The summed E-state index contributed by atoms with van der Waals surface area (Å²) in [5.74, 6) is 0.979. The molecule has 2 amide bonds. The van der Waals surface area contributed by atoms with Crippen molar-refractivity contribution in [2.45, 2.75) is 58.9 Å². The average molecular weight is 343 g/mol. The van der Waals surface area contributed by atoms with Crippen LogP contribution in [-0.2, 0) is 24.3 Å². The Bertz CT molecular complexity index is 741. The fourth-order valence-corrected chi connectivity index (χ4v) is 2.93. The number of rotatable bonds is 5. The van der Waals surface area contributed by atoms with E-state index in [-0.39, 0.29) is 18.2 Å².